The van der Waals surface area contributed by atoms with E-state index in [2.05, 4.69) is 31.2 Å². The molecule has 1 aliphatic rings. The number of carbonyl (C=O) groups is 6. The van der Waals surface area contributed by atoms with Crippen LogP contribution >= 0.6 is 0 Å². The third-order valence-corrected chi connectivity index (χ3v) is 10.3. The maximum atomic E-state index is 14.3. The number of carbonyl (C=O) groups excluding carboxylic acids is 5. The van der Waals surface area contributed by atoms with E-state index >= 15 is 0 Å². The van der Waals surface area contributed by atoms with Crippen molar-refractivity contribution in [2.24, 2.45) is 39.8 Å². The fourth-order valence-corrected chi connectivity index (χ4v) is 6.95. The first-order valence-corrected chi connectivity index (χ1v) is 19.9. The molecular weight excluding hydrogens is 734 g/mol. The molecule has 0 aliphatic carbocycles. The van der Waals surface area contributed by atoms with E-state index in [4.69, 9.17) is 22.9 Å². The van der Waals surface area contributed by atoms with E-state index < -0.39 is 71.8 Å². The first-order chi connectivity index (χ1) is 27.1. The van der Waals surface area contributed by atoms with Gasteiger partial charge in [0.05, 0.1) is 6.04 Å². The summed E-state index contributed by atoms with van der Waals surface area (Å²) in [7, 11) is 0. The van der Waals surface area contributed by atoms with Gasteiger partial charge in [-0.3, -0.25) is 29.0 Å². The van der Waals surface area contributed by atoms with Gasteiger partial charge in [-0.2, -0.15) is 0 Å². The molecule has 0 spiro atoms. The van der Waals surface area contributed by atoms with Crippen LogP contribution in [0.25, 0.3) is 10.9 Å². The Labute approximate surface area is 334 Å². The Bertz CT molecular complexity index is 1710. The van der Waals surface area contributed by atoms with Crippen molar-refractivity contribution in [1.29, 1.82) is 0 Å². The molecule has 2 aromatic rings. The van der Waals surface area contributed by atoms with Crippen LogP contribution in [0.4, 0.5) is 0 Å². The van der Waals surface area contributed by atoms with Crippen LogP contribution in [0.15, 0.2) is 35.5 Å². The van der Waals surface area contributed by atoms with E-state index in [9.17, 15) is 33.9 Å². The van der Waals surface area contributed by atoms with Crippen LogP contribution in [-0.2, 0) is 35.2 Å². The zero-order chi connectivity index (χ0) is 42.2. The maximum absolute atomic E-state index is 14.3. The molecule has 0 saturated carbocycles. The number of aromatic amines is 1. The highest BCUT2D eigenvalue weighted by Crippen LogP contribution is 2.23. The number of carboxylic acids is 1. The van der Waals surface area contributed by atoms with Crippen LogP contribution in [0.5, 0.6) is 0 Å². The minimum absolute atomic E-state index is 0.0153. The fraction of sp³-hybridized carbons (Fsp3) is 0.615. The summed E-state index contributed by atoms with van der Waals surface area (Å²) in [4.78, 5) is 89.6. The molecular formula is C39H63N11O7. The van der Waals surface area contributed by atoms with Crippen molar-refractivity contribution in [2.75, 3.05) is 19.6 Å². The Morgan fingerprint density at radius 1 is 0.930 bits per heavy atom. The molecule has 1 aromatic heterocycles. The first-order valence-electron chi connectivity index (χ1n) is 19.9. The number of hydrogen-bond acceptors (Lipinski definition) is 9. The Morgan fingerprint density at radius 3 is 2.30 bits per heavy atom. The summed E-state index contributed by atoms with van der Waals surface area (Å²) in [5, 5.41) is 21.7. The molecule has 18 heteroatoms. The van der Waals surface area contributed by atoms with Gasteiger partial charge in [0.1, 0.15) is 30.2 Å². The van der Waals surface area contributed by atoms with Crippen LogP contribution in [-0.4, -0.2) is 112 Å². The summed E-state index contributed by atoms with van der Waals surface area (Å²) in [5.74, 6) is -4.53. The third-order valence-electron chi connectivity index (χ3n) is 10.3. The highest BCUT2D eigenvalue weighted by Gasteiger charge is 2.40. The van der Waals surface area contributed by atoms with E-state index in [-0.39, 0.29) is 63.1 Å². The summed E-state index contributed by atoms with van der Waals surface area (Å²) >= 11 is 0. The van der Waals surface area contributed by atoms with Crippen molar-refractivity contribution in [2.45, 2.75) is 122 Å². The number of likely N-dealkylation sites (tertiary alicyclic amines) is 1. The predicted octanol–water partition coefficient (Wildman–Crippen LogP) is -0.0628. The van der Waals surface area contributed by atoms with Gasteiger partial charge in [0.15, 0.2) is 5.96 Å². The number of rotatable bonds is 23. The van der Waals surface area contributed by atoms with Crippen molar-refractivity contribution in [3.8, 4) is 0 Å². The smallest absolute Gasteiger partial charge is 0.326 e. The molecule has 0 radical (unpaired) electrons. The molecule has 1 aromatic carbocycles. The number of nitrogens with two attached hydrogens (primary N) is 4. The van der Waals surface area contributed by atoms with Gasteiger partial charge < -0.3 is 59.2 Å². The molecule has 57 heavy (non-hydrogen) atoms. The number of H-pyrrole nitrogens is 1. The Kier molecular flexibility index (Phi) is 18.2. The number of aliphatic carboxylic acids is 1. The van der Waals surface area contributed by atoms with Gasteiger partial charge in [-0.15, -0.1) is 0 Å². The molecule has 1 saturated heterocycles. The normalized spacial score (nSPS) is 17.2. The van der Waals surface area contributed by atoms with Crippen LogP contribution in [0.3, 0.4) is 0 Å². The lowest BCUT2D eigenvalue weighted by Crippen LogP contribution is -2.60. The van der Waals surface area contributed by atoms with Crippen molar-refractivity contribution >= 4 is 52.4 Å². The predicted molar refractivity (Wildman–Crippen MR) is 217 cm³/mol. The summed E-state index contributed by atoms with van der Waals surface area (Å²) in [6.07, 6.45) is 4.67. The summed E-state index contributed by atoms with van der Waals surface area (Å²) in [6, 6.07) is 1.08. The molecule has 14 N–H and O–H groups in total. The second kappa shape index (κ2) is 22.5. The molecule has 7 atom stereocenters. The maximum Gasteiger partial charge on any atom is 0.326 e. The molecule has 5 amide bonds. The lowest BCUT2D eigenvalue weighted by atomic mass is 9.95. The standard InChI is InChI=1S/C39H63N11O7/c1-5-23(4)32(36(54)48-30(38(56)57)20-22(2)3)49-34(52)29(21-24-10-6-12-27-25(24)15-18-44-27)47-35(53)31-14-9-19-50(31)37(55)28(13-7-16-40)46-33(51)26(41)11-8-17-45-39(42)43/h6,10,12,15,18,22-23,26,28-32,44H,5,7-9,11,13-14,16-17,19-21,40-41H2,1-4H3,(H,46,51)(H,47,53)(H,48,54)(H,49,52)(H,56,57)(H4,42,43,45)/t23?,26-,28+,29-,30-,31-,32-/m0/s1. The lowest BCUT2D eigenvalue weighted by Gasteiger charge is -2.31. The molecule has 18 nitrogen and oxygen atoms in total. The Hall–Kier alpha value is -5.23. The zero-order valence-electron chi connectivity index (χ0n) is 33.6. The van der Waals surface area contributed by atoms with Crippen LogP contribution < -0.4 is 44.2 Å². The monoisotopic (exact) mass is 797 g/mol. The van der Waals surface area contributed by atoms with Gasteiger partial charge in [0.2, 0.25) is 29.5 Å². The second-order valence-corrected chi connectivity index (χ2v) is 15.3. The minimum atomic E-state index is -1.19. The number of fused-ring (bicyclic) bond motifs is 1. The van der Waals surface area contributed by atoms with E-state index in [1.165, 1.54) is 4.90 Å². The SMILES string of the molecule is CCC(C)[C@H](NC(=O)[C@H](Cc1cccc2[nH]ccc12)NC(=O)[C@@H]1CCCN1C(=O)[C@@H](CCCN)NC(=O)[C@@H](N)CCCN=C(N)N)C(=O)N[C@@H](CC(C)C)C(=O)O. The van der Waals surface area contributed by atoms with E-state index in [1.807, 2.05) is 45.0 Å². The number of carboxylic acid groups (broad SMARTS) is 1. The van der Waals surface area contributed by atoms with Gasteiger partial charge >= 0.3 is 5.97 Å². The van der Waals surface area contributed by atoms with E-state index in [0.29, 0.717) is 32.1 Å². The van der Waals surface area contributed by atoms with Gasteiger partial charge in [0.25, 0.3) is 0 Å². The fourth-order valence-electron chi connectivity index (χ4n) is 6.95. The summed E-state index contributed by atoms with van der Waals surface area (Å²) < 4.78 is 0. The van der Waals surface area contributed by atoms with Gasteiger partial charge in [-0.05, 0) is 81.0 Å². The highest BCUT2D eigenvalue weighted by molar-refractivity contribution is 5.97. The Balaban J connectivity index is 1.86. The largest absolute Gasteiger partial charge is 0.480 e. The Morgan fingerprint density at radius 2 is 1.65 bits per heavy atom. The number of aliphatic imine (C=N–C) groups is 1. The summed E-state index contributed by atoms with van der Waals surface area (Å²) in [6.45, 7) is 8.12. The van der Waals surface area contributed by atoms with Gasteiger partial charge in [-0.25, -0.2) is 4.79 Å². The number of guanidine groups is 1. The number of benzene rings is 1. The third kappa shape index (κ3) is 13.7. The average Bonchev–Trinajstić information content (AvgIpc) is 3.86. The van der Waals surface area contributed by atoms with Gasteiger partial charge in [-0.1, -0.05) is 46.2 Å². The molecule has 1 unspecified atom stereocenters. The molecule has 1 aliphatic heterocycles. The molecule has 2 heterocycles. The number of amides is 5. The molecule has 0 bridgehead atoms. The van der Waals surface area contributed by atoms with Crippen molar-refractivity contribution in [1.82, 2.24) is 31.2 Å². The number of nitrogens with one attached hydrogen (secondary N) is 5. The van der Waals surface area contributed by atoms with Crippen LogP contribution in [0.2, 0.25) is 0 Å². The van der Waals surface area contributed by atoms with Crippen LogP contribution in [0, 0.1) is 11.8 Å². The highest BCUT2D eigenvalue weighted by atomic mass is 16.4. The van der Waals surface area contributed by atoms with E-state index in [0.717, 1.165) is 16.5 Å². The molecule has 3 rings (SSSR count). The van der Waals surface area contributed by atoms with Crippen molar-refractivity contribution in [3.63, 3.8) is 0 Å². The van der Waals surface area contributed by atoms with Crippen molar-refractivity contribution in [3.05, 3.63) is 36.0 Å². The number of aromatic nitrogens is 1. The van der Waals surface area contributed by atoms with Crippen molar-refractivity contribution < 1.29 is 33.9 Å². The number of nitrogens with zero attached hydrogens (tertiary/aromatic N) is 2. The van der Waals surface area contributed by atoms with Crippen LogP contribution in [0.1, 0.15) is 84.6 Å². The summed E-state index contributed by atoms with van der Waals surface area (Å²) in [5.41, 5.74) is 24.2. The minimum Gasteiger partial charge on any atom is -0.480 e. The first kappa shape index (κ1) is 46.2. The molecule has 1 fully saturated rings. The zero-order valence-corrected chi connectivity index (χ0v) is 33.6. The number of hydrogen-bond donors (Lipinski definition) is 10. The topological polar surface area (TPSA) is 306 Å². The second-order valence-electron chi connectivity index (χ2n) is 15.3. The van der Waals surface area contributed by atoms with E-state index in [1.54, 1.807) is 13.1 Å². The molecule has 316 valence electrons. The average molecular weight is 798 g/mol. The lowest BCUT2D eigenvalue weighted by molar-refractivity contribution is -0.143. The quantitative estimate of drug-likeness (QED) is 0.0403. The van der Waals surface area contributed by atoms with Gasteiger partial charge in [0, 0.05) is 36.6 Å².